The van der Waals surface area contributed by atoms with E-state index in [1.165, 1.54) is 0 Å². The number of piperazine rings is 1. The Kier molecular flexibility index (Phi) is 11.5. The maximum atomic E-state index is 13.6. The van der Waals surface area contributed by atoms with E-state index in [0.29, 0.717) is 42.0 Å². The molecule has 4 fully saturated rings. The lowest BCUT2D eigenvalue weighted by atomic mass is 9.49. The van der Waals surface area contributed by atoms with E-state index in [0.717, 1.165) is 86.9 Å². The second kappa shape index (κ2) is 16.4. The molecule has 0 bridgehead atoms. The summed E-state index contributed by atoms with van der Waals surface area (Å²) in [6.07, 6.45) is 6.68. The molecule has 3 N–H and O–H groups in total. The molecule has 12 nitrogen and oxygen atoms in total. The number of amides is 3. The minimum absolute atomic E-state index is 0.0339. The van der Waals surface area contributed by atoms with E-state index in [1.807, 2.05) is 50.4 Å². The maximum absolute atomic E-state index is 13.6. The average molecular weight is 775 g/mol. The van der Waals surface area contributed by atoms with Crippen LogP contribution in [0.4, 0.5) is 11.4 Å². The first-order valence-corrected chi connectivity index (χ1v) is 20.6. The number of carbonyl (C=O) groups excluding carboxylic acids is 3. The van der Waals surface area contributed by atoms with Crippen LogP contribution in [0.3, 0.4) is 0 Å². The molecule has 0 spiro atoms. The van der Waals surface area contributed by atoms with Crippen molar-refractivity contribution in [3.05, 3.63) is 82.7 Å². The lowest BCUT2D eigenvalue weighted by molar-refractivity contribution is -0.164. The lowest BCUT2D eigenvalue weighted by Gasteiger charge is -2.63. The third-order valence-electron chi connectivity index (χ3n) is 12.9. The van der Waals surface area contributed by atoms with Gasteiger partial charge in [-0.15, -0.1) is 0 Å². The summed E-state index contributed by atoms with van der Waals surface area (Å²) in [5.74, 6) is 1.21. The number of benzene rings is 2. The molecule has 1 atom stereocenters. The number of rotatable bonds is 10. The summed E-state index contributed by atoms with van der Waals surface area (Å²) >= 11 is 0. The number of aromatic nitrogens is 1. The van der Waals surface area contributed by atoms with Crippen LogP contribution in [0.2, 0.25) is 0 Å². The van der Waals surface area contributed by atoms with Gasteiger partial charge in [0.25, 0.3) is 11.8 Å². The summed E-state index contributed by atoms with van der Waals surface area (Å²) in [5, 5.41) is 18.7. The van der Waals surface area contributed by atoms with Gasteiger partial charge in [-0.1, -0.05) is 27.7 Å². The molecule has 1 aromatic heterocycles. The monoisotopic (exact) mass is 774 g/mol. The standard InChI is InChI=1S/C45H58N8O4/c1-29-21-37(22-30(2)38(29)24-46)57-43-44(3,4)42(45(43,5)6)50-40(55)32-7-10-35(11-8-32)52-15-13-31(14-16-52)28-51-17-19-53(20-18-51)36-23-33(25-47-27-36)41(56)49-34-9-12-39(54)48-26-34/h7-8,10-11,21-23,25,27,31,34,42-43H,9,12-20,26,28H2,1-6H3,(H,48,54)(H,49,56)(H,50,55)/t34?,42-,43-. The molecular weight excluding hydrogens is 717 g/mol. The van der Waals surface area contributed by atoms with Crippen LogP contribution in [-0.4, -0.2) is 98.2 Å². The maximum Gasteiger partial charge on any atom is 0.253 e. The summed E-state index contributed by atoms with van der Waals surface area (Å²) in [7, 11) is 0. The minimum Gasteiger partial charge on any atom is -0.489 e. The highest BCUT2D eigenvalue weighted by Crippen LogP contribution is 2.55. The highest BCUT2D eigenvalue weighted by molar-refractivity contribution is 5.95. The first-order valence-electron chi connectivity index (χ1n) is 20.6. The van der Waals surface area contributed by atoms with Gasteiger partial charge < -0.3 is 30.5 Å². The number of nitriles is 1. The Labute approximate surface area is 337 Å². The molecule has 3 amide bonds. The zero-order chi connectivity index (χ0) is 40.5. The van der Waals surface area contributed by atoms with Gasteiger partial charge in [0, 0.05) is 99.1 Å². The Morgan fingerprint density at radius 2 is 1.47 bits per heavy atom. The molecule has 1 unspecified atom stereocenters. The zero-order valence-electron chi connectivity index (χ0n) is 34.4. The molecule has 7 rings (SSSR count). The van der Waals surface area contributed by atoms with Gasteiger partial charge >= 0.3 is 0 Å². The highest BCUT2D eigenvalue weighted by Gasteiger charge is 2.64. The van der Waals surface area contributed by atoms with E-state index in [9.17, 15) is 19.6 Å². The van der Waals surface area contributed by atoms with Gasteiger partial charge in [-0.05, 0) is 92.6 Å². The molecule has 3 saturated heterocycles. The SMILES string of the molecule is Cc1cc(O[C@H]2C(C)(C)[C@H](NC(=O)c3ccc(N4CCC(CN5CCN(c6cncc(C(=O)NC7CCC(=O)NC7)c6)CC5)CC4)cc3)C2(C)C)cc(C)c1C#N. The number of nitrogens with zero attached hydrogens (tertiary/aromatic N) is 5. The summed E-state index contributed by atoms with van der Waals surface area (Å²) in [6, 6.07) is 16.0. The van der Waals surface area contributed by atoms with Crippen LogP contribution < -0.4 is 30.5 Å². The first-order chi connectivity index (χ1) is 27.2. The van der Waals surface area contributed by atoms with E-state index in [2.05, 4.69) is 81.5 Å². The van der Waals surface area contributed by atoms with Crippen LogP contribution in [0.25, 0.3) is 0 Å². The molecule has 4 aliphatic rings. The molecule has 302 valence electrons. The second-order valence-corrected chi connectivity index (χ2v) is 17.8. The largest absolute Gasteiger partial charge is 0.489 e. The molecule has 3 aromatic rings. The quantitative estimate of drug-likeness (QED) is 0.253. The van der Waals surface area contributed by atoms with Crippen molar-refractivity contribution in [1.29, 1.82) is 5.26 Å². The van der Waals surface area contributed by atoms with Crippen molar-refractivity contribution < 1.29 is 19.1 Å². The van der Waals surface area contributed by atoms with Crippen molar-refractivity contribution in [3.63, 3.8) is 0 Å². The number of nitrogens with one attached hydrogen (secondary N) is 3. The Balaban J connectivity index is 0.848. The molecule has 0 radical (unpaired) electrons. The molecular formula is C45H58N8O4. The van der Waals surface area contributed by atoms with Crippen molar-refractivity contribution in [3.8, 4) is 11.8 Å². The Morgan fingerprint density at radius 1 is 0.842 bits per heavy atom. The van der Waals surface area contributed by atoms with E-state index < -0.39 is 0 Å². The van der Waals surface area contributed by atoms with Gasteiger partial charge in [-0.2, -0.15) is 5.26 Å². The number of aryl methyl sites for hydroxylation is 2. The van der Waals surface area contributed by atoms with Gasteiger partial charge in [-0.3, -0.25) is 24.3 Å². The van der Waals surface area contributed by atoms with Gasteiger partial charge in [0.2, 0.25) is 5.91 Å². The normalized spacial score (nSPS) is 23.5. The predicted octanol–water partition coefficient (Wildman–Crippen LogP) is 5.23. The third kappa shape index (κ3) is 8.59. The number of ether oxygens (including phenoxy) is 1. The fourth-order valence-electron chi connectivity index (χ4n) is 9.92. The van der Waals surface area contributed by atoms with Crippen LogP contribution in [0.15, 0.2) is 54.9 Å². The Bertz CT molecular complexity index is 1960. The number of piperidine rings is 2. The molecule has 4 heterocycles. The fraction of sp³-hybridized carbons (Fsp3) is 0.533. The smallest absolute Gasteiger partial charge is 0.253 e. The van der Waals surface area contributed by atoms with E-state index in [1.54, 1.807) is 6.20 Å². The molecule has 57 heavy (non-hydrogen) atoms. The van der Waals surface area contributed by atoms with E-state index in [4.69, 9.17) is 4.74 Å². The van der Waals surface area contributed by atoms with Crippen LogP contribution in [-0.2, 0) is 4.79 Å². The first kappa shape index (κ1) is 40.1. The van der Waals surface area contributed by atoms with Gasteiger partial charge in [0.05, 0.1) is 29.1 Å². The Morgan fingerprint density at radius 3 is 2.09 bits per heavy atom. The predicted molar refractivity (Wildman–Crippen MR) is 222 cm³/mol. The van der Waals surface area contributed by atoms with Crippen molar-refractivity contribution in [1.82, 2.24) is 25.8 Å². The second-order valence-electron chi connectivity index (χ2n) is 17.8. The summed E-state index contributed by atoms with van der Waals surface area (Å²) in [4.78, 5) is 49.6. The molecule has 1 saturated carbocycles. The van der Waals surface area contributed by atoms with Crippen LogP contribution in [0.1, 0.15) is 90.8 Å². The van der Waals surface area contributed by atoms with Crippen LogP contribution in [0.5, 0.6) is 5.75 Å². The molecule has 3 aliphatic heterocycles. The molecule has 1 aliphatic carbocycles. The van der Waals surface area contributed by atoms with Gasteiger partial charge in [0.15, 0.2) is 0 Å². The van der Waals surface area contributed by atoms with E-state index in [-0.39, 0.29) is 46.7 Å². The highest BCUT2D eigenvalue weighted by atomic mass is 16.5. The van der Waals surface area contributed by atoms with Gasteiger partial charge in [0.1, 0.15) is 11.9 Å². The van der Waals surface area contributed by atoms with E-state index >= 15 is 0 Å². The van der Waals surface area contributed by atoms with Crippen molar-refractivity contribution in [2.24, 2.45) is 16.7 Å². The molecule has 2 aromatic carbocycles. The van der Waals surface area contributed by atoms with Crippen molar-refractivity contribution in [2.75, 3.05) is 62.2 Å². The minimum atomic E-state index is -0.298. The number of pyridine rings is 1. The zero-order valence-corrected chi connectivity index (χ0v) is 34.4. The topological polar surface area (TPSA) is 143 Å². The lowest BCUT2D eigenvalue weighted by Crippen LogP contribution is -2.74. The Hall–Kier alpha value is -5.15. The average Bonchev–Trinajstić information content (AvgIpc) is 3.20. The van der Waals surface area contributed by atoms with Crippen LogP contribution >= 0.6 is 0 Å². The number of anilines is 2. The number of carbonyl (C=O) groups is 3. The summed E-state index contributed by atoms with van der Waals surface area (Å²) in [6.45, 7) is 19.7. The third-order valence-corrected chi connectivity index (χ3v) is 12.9. The van der Waals surface area contributed by atoms with Crippen molar-refractivity contribution in [2.45, 2.75) is 85.4 Å². The fourth-order valence-corrected chi connectivity index (χ4v) is 9.92. The van der Waals surface area contributed by atoms with Crippen LogP contribution in [0, 0.1) is 41.9 Å². The number of hydrogen-bond donors (Lipinski definition) is 3. The number of hydrogen-bond acceptors (Lipinski definition) is 9. The van der Waals surface area contributed by atoms with Crippen molar-refractivity contribution >= 4 is 29.1 Å². The summed E-state index contributed by atoms with van der Waals surface area (Å²) in [5.41, 5.74) is 5.23. The molecule has 12 heteroatoms. The van der Waals surface area contributed by atoms with Gasteiger partial charge in [-0.25, -0.2) is 0 Å². The summed E-state index contributed by atoms with van der Waals surface area (Å²) < 4.78 is 6.55.